The van der Waals surface area contributed by atoms with Crippen LogP contribution < -0.4 is 4.74 Å². The van der Waals surface area contributed by atoms with Crippen LogP contribution in [0.5, 0.6) is 5.75 Å². The molecule has 0 heterocycles. The van der Waals surface area contributed by atoms with Gasteiger partial charge in [0.2, 0.25) is 0 Å². The van der Waals surface area contributed by atoms with E-state index in [0.717, 1.165) is 24.8 Å². The zero-order chi connectivity index (χ0) is 26.7. The Bertz CT molecular complexity index is 1380. The molecule has 0 aliphatic rings. The zero-order valence-electron chi connectivity index (χ0n) is 21.9. The minimum Gasteiger partial charge on any atom is -0.423 e. The van der Waals surface area contributed by atoms with Gasteiger partial charge in [-0.2, -0.15) is 0 Å². The van der Waals surface area contributed by atoms with Crippen LogP contribution in [0.25, 0.3) is 12.2 Å². The first-order chi connectivity index (χ1) is 18.5. The maximum Gasteiger partial charge on any atom is 0.343 e. The summed E-state index contributed by atoms with van der Waals surface area (Å²) in [5.41, 5.74) is 5.32. The molecule has 0 saturated heterocycles. The first-order valence-corrected chi connectivity index (χ1v) is 13.1. The summed E-state index contributed by atoms with van der Waals surface area (Å²) in [5.74, 6) is -0.176. The number of ether oxygens (including phenoxy) is 1. The maximum absolute atomic E-state index is 14.8. The summed E-state index contributed by atoms with van der Waals surface area (Å²) in [5, 5.41) is 0. The molecule has 0 radical (unpaired) electrons. The average molecular weight is 505 g/mol. The van der Waals surface area contributed by atoms with Crippen molar-refractivity contribution in [3.63, 3.8) is 0 Å². The van der Waals surface area contributed by atoms with Gasteiger partial charge in [-0.15, -0.1) is 0 Å². The van der Waals surface area contributed by atoms with Crippen molar-refractivity contribution in [2.75, 3.05) is 0 Å². The second kappa shape index (κ2) is 13.3. The number of rotatable bonds is 10. The third kappa shape index (κ3) is 7.63. The molecule has 0 aliphatic heterocycles. The van der Waals surface area contributed by atoms with Gasteiger partial charge >= 0.3 is 5.97 Å². The van der Waals surface area contributed by atoms with Crippen molar-refractivity contribution in [3.05, 3.63) is 148 Å². The number of carbonyl (C=O) groups is 1. The van der Waals surface area contributed by atoms with E-state index in [-0.39, 0.29) is 5.56 Å². The Hall–Kier alpha value is -4.24. The van der Waals surface area contributed by atoms with Crippen LogP contribution in [-0.2, 0) is 12.8 Å². The highest BCUT2D eigenvalue weighted by atomic mass is 19.1. The van der Waals surface area contributed by atoms with Crippen molar-refractivity contribution in [3.8, 4) is 5.75 Å². The van der Waals surface area contributed by atoms with Crippen molar-refractivity contribution in [2.45, 2.75) is 39.0 Å². The van der Waals surface area contributed by atoms with Gasteiger partial charge < -0.3 is 4.74 Å². The second-order valence-electron chi connectivity index (χ2n) is 9.47. The van der Waals surface area contributed by atoms with Crippen LogP contribution in [0.4, 0.5) is 4.39 Å². The number of carbonyl (C=O) groups excluding carboxylic acids is 1. The van der Waals surface area contributed by atoms with Gasteiger partial charge in [0, 0.05) is 5.56 Å². The summed E-state index contributed by atoms with van der Waals surface area (Å²) in [6.07, 6.45) is 10.6. The number of allylic oxidation sites excluding steroid dienone is 2. The standard InChI is InChI=1S/C35H33FO2/c1-3-4-6-9-27-17-22-33(23-18-27)38-35(37)32-21-20-31(34(36)25-32)19-16-28-12-14-29(15-13-28)24-26(2)30-10-7-5-8-11-30/h3-5,7-8,10-23,25-26H,6,9,24H2,1-2H3/t26-/m1/s1. The molecule has 0 fully saturated rings. The highest BCUT2D eigenvalue weighted by molar-refractivity contribution is 5.91. The maximum atomic E-state index is 14.8. The van der Waals surface area contributed by atoms with Gasteiger partial charge in [0.15, 0.2) is 0 Å². The summed E-state index contributed by atoms with van der Waals surface area (Å²) in [4.78, 5) is 12.5. The molecule has 0 amide bonds. The second-order valence-corrected chi connectivity index (χ2v) is 9.47. The first kappa shape index (κ1) is 26.8. The largest absolute Gasteiger partial charge is 0.423 e. The summed E-state index contributed by atoms with van der Waals surface area (Å²) >= 11 is 0. The highest BCUT2D eigenvalue weighted by Crippen LogP contribution is 2.22. The van der Waals surface area contributed by atoms with Crippen molar-refractivity contribution >= 4 is 18.1 Å². The Balaban J connectivity index is 1.33. The molecule has 1 atom stereocenters. The summed E-state index contributed by atoms with van der Waals surface area (Å²) in [7, 11) is 0. The van der Waals surface area contributed by atoms with Crippen LogP contribution >= 0.6 is 0 Å². The fourth-order valence-corrected chi connectivity index (χ4v) is 4.30. The van der Waals surface area contributed by atoms with Gasteiger partial charge in [-0.1, -0.05) is 104 Å². The van der Waals surface area contributed by atoms with E-state index in [4.69, 9.17) is 4.74 Å². The number of aryl methyl sites for hydroxylation is 1. The molecule has 4 aromatic carbocycles. The van der Waals surface area contributed by atoms with E-state index in [0.29, 0.717) is 17.2 Å². The first-order valence-electron chi connectivity index (χ1n) is 13.1. The fraction of sp³-hybridized carbons (Fsp3) is 0.171. The Kier molecular flexibility index (Phi) is 9.42. The number of hydrogen-bond donors (Lipinski definition) is 0. The molecule has 192 valence electrons. The summed E-state index contributed by atoms with van der Waals surface area (Å²) in [6, 6.07) is 30.6. The lowest BCUT2D eigenvalue weighted by molar-refractivity contribution is 0.0734. The van der Waals surface area contributed by atoms with E-state index in [1.54, 1.807) is 30.3 Å². The Morgan fingerprint density at radius 1 is 0.868 bits per heavy atom. The van der Waals surface area contributed by atoms with Gasteiger partial charge in [0.05, 0.1) is 5.56 Å². The molecule has 0 aromatic heterocycles. The number of halogens is 1. The van der Waals surface area contributed by atoms with Crippen LogP contribution in [0, 0.1) is 5.82 Å². The Morgan fingerprint density at radius 2 is 1.58 bits per heavy atom. The minimum atomic E-state index is -0.582. The van der Waals surface area contributed by atoms with Gasteiger partial charge in [0.1, 0.15) is 11.6 Å². The average Bonchev–Trinajstić information content (AvgIpc) is 2.94. The number of benzene rings is 4. The minimum absolute atomic E-state index is 0.175. The van der Waals surface area contributed by atoms with E-state index in [1.807, 2.05) is 49.4 Å². The SMILES string of the molecule is CC=CCCc1ccc(OC(=O)c2ccc(C=Cc3ccc(C[C@@H](C)c4ccccc4)cc3)c(F)c2)cc1. The van der Waals surface area contributed by atoms with Gasteiger partial charge in [-0.25, -0.2) is 9.18 Å². The third-order valence-corrected chi connectivity index (χ3v) is 6.55. The Labute approximate surface area is 225 Å². The topological polar surface area (TPSA) is 26.3 Å². The molecule has 0 N–H and O–H groups in total. The molecular weight excluding hydrogens is 471 g/mol. The van der Waals surface area contributed by atoms with Crippen molar-refractivity contribution < 1.29 is 13.9 Å². The number of hydrogen-bond acceptors (Lipinski definition) is 2. The van der Waals surface area contributed by atoms with Gasteiger partial charge in [-0.3, -0.25) is 0 Å². The molecule has 0 saturated carbocycles. The van der Waals surface area contributed by atoms with Crippen LogP contribution in [0.2, 0.25) is 0 Å². The Morgan fingerprint density at radius 3 is 2.26 bits per heavy atom. The van der Waals surface area contributed by atoms with E-state index in [1.165, 1.54) is 22.8 Å². The van der Waals surface area contributed by atoms with Crippen molar-refractivity contribution in [1.29, 1.82) is 0 Å². The van der Waals surface area contributed by atoms with E-state index < -0.39 is 11.8 Å². The lowest BCUT2D eigenvalue weighted by atomic mass is 9.93. The molecule has 3 heteroatoms. The molecule has 0 bridgehead atoms. The molecular formula is C35H33FO2. The predicted molar refractivity (Wildman–Crippen MR) is 155 cm³/mol. The normalized spacial score (nSPS) is 12.2. The summed E-state index contributed by atoms with van der Waals surface area (Å²) < 4.78 is 20.2. The molecule has 2 nitrogen and oxygen atoms in total. The molecule has 0 aliphatic carbocycles. The van der Waals surface area contributed by atoms with E-state index >= 15 is 0 Å². The van der Waals surface area contributed by atoms with Crippen LogP contribution in [-0.4, -0.2) is 5.97 Å². The monoisotopic (exact) mass is 504 g/mol. The lowest BCUT2D eigenvalue weighted by Gasteiger charge is -2.12. The zero-order valence-corrected chi connectivity index (χ0v) is 21.9. The van der Waals surface area contributed by atoms with Gasteiger partial charge in [-0.05, 0) is 78.6 Å². The van der Waals surface area contributed by atoms with Gasteiger partial charge in [0.25, 0.3) is 0 Å². The molecule has 0 spiro atoms. The van der Waals surface area contributed by atoms with E-state index in [9.17, 15) is 9.18 Å². The van der Waals surface area contributed by atoms with Crippen molar-refractivity contribution in [1.82, 2.24) is 0 Å². The fourth-order valence-electron chi connectivity index (χ4n) is 4.30. The van der Waals surface area contributed by atoms with Crippen LogP contribution in [0.1, 0.15) is 64.4 Å². The molecule has 0 unspecified atom stereocenters. The highest BCUT2D eigenvalue weighted by Gasteiger charge is 2.12. The number of esters is 1. The molecule has 4 aromatic rings. The van der Waals surface area contributed by atoms with E-state index in [2.05, 4.69) is 49.4 Å². The summed E-state index contributed by atoms with van der Waals surface area (Å²) in [6.45, 7) is 4.23. The van der Waals surface area contributed by atoms with Crippen molar-refractivity contribution in [2.24, 2.45) is 0 Å². The smallest absolute Gasteiger partial charge is 0.343 e. The third-order valence-electron chi connectivity index (χ3n) is 6.55. The lowest BCUT2D eigenvalue weighted by Crippen LogP contribution is -2.09. The molecule has 38 heavy (non-hydrogen) atoms. The quantitative estimate of drug-likeness (QED) is 0.0932. The van der Waals surface area contributed by atoms with Crippen LogP contribution in [0.15, 0.2) is 109 Å². The van der Waals surface area contributed by atoms with Crippen LogP contribution in [0.3, 0.4) is 0 Å². The predicted octanol–water partition coefficient (Wildman–Crippen LogP) is 9.07. The molecule has 4 rings (SSSR count).